The molecule has 0 spiro atoms. The van der Waals surface area contributed by atoms with E-state index in [-0.39, 0.29) is 25.0 Å². The minimum absolute atomic E-state index is 0.169. The fourth-order valence-electron chi connectivity index (χ4n) is 3.70. The van der Waals surface area contributed by atoms with E-state index in [9.17, 15) is 9.59 Å². The highest BCUT2D eigenvalue weighted by Crippen LogP contribution is 2.24. The molecule has 3 aromatic carbocycles. The Morgan fingerprint density at radius 1 is 0.917 bits per heavy atom. The van der Waals surface area contributed by atoms with Gasteiger partial charge in [-0.25, -0.2) is 0 Å². The van der Waals surface area contributed by atoms with Gasteiger partial charge in [-0.2, -0.15) is 0 Å². The SMILES string of the molecule is Cc1ccc(OCC(=O)N(Cc2ccc(Cl)c(Cl)c2)C(Cc2ccccc2)C(=O)NC(C)(C)C)cc1. The first-order chi connectivity index (χ1) is 17.0. The van der Waals surface area contributed by atoms with Crippen LogP contribution in [-0.2, 0) is 22.6 Å². The van der Waals surface area contributed by atoms with Gasteiger partial charge in [0.2, 0.25) is 5.91 Å². The standard InChI is InChI=1S/C29H32Cl2N2O3/c1-20-10-13-23(14-11-20)36-19-27(34)33(18-22-12-15-24(30)25(31)16-22)26(28(35)32-29(2,3)4)17-21-8-6-5-7-9-21/h5-16,26H,17-19H2,1-4H3,(H,32,35). The van der Waals surface area contributed by atoms with E-state index in [1.54, 1.807) is 23.1 Å². The molecule has 0 heterocycles. The number of benzene rings is 3. The molecule has 36 heavy (non-hydrogen) atoms. The average molecular weight is 527 g/mol. The Morgan fingerprint density at radius 3 is 2.19 bits per heavy atom. The summed E-state index contributed by atoms with van der Waals surface area (Å²) in [7, 11) is 0. The summed E-state index contributed by atoms with van der Waals surface area (Å²) in [6, 6.07) is 21.6. The molecule has 5 nitrogen and oxygen atoms in total. The topological polar surface area (TPSA) is 58.6 Å². The van der Waals surface area contributed by atoms with Gasteiger partial charge in [-0.15, -0.1) is 0 Å². The molecule has 0 saturated carbocycles. The molecule has 7 heteroatoms. The summed E-state index contributed by atoms with van der Waals surface area (Å²) in [5.74, 6) is 0.0314. The van der Waals surface area contributed by atoms with E-state index >= 15 is 0 Å². The number of nitrogens with one attached hydrogen (secondary N) is 1. The second-order valence-corrected chi connectivity index (χ2v) is 10.6. The van der Waals surface area contributed by atoms with Gasteiger partial charge >= 0.3 is 0 Å². The van der Waals surface area contributed by atoms with E-state index in [2.05, 4.69) is 5.32 Å². The third-order valence-electron chi connectivity index (χ3n) is 5.49. The third kappa shape index (κ3) is 8.28. The molecule has 0 aromatic heterocycles. The Bertz CT molecular complexity index is 1180. The molecule has 1 unspecified atom stereocenters. The number of carbonyl (C=O) groups is 2. The number of ether oxygens (including phenoxy) is 1. The summed E-state index contributed by atoms with van der Waals surface area (Å²) in [4.78, 5) is 28.7. The van der Waals surface area contributed by atoms with Gasteiger partial charge in [-0.3, -0.25) is 9.59 Å². The van der Waals surface area contributed by atoms with Crippen LogP contribution >= 0.6 is 23.2 Å². The smallest absolute Gasteiger partial charge is 0.261 e. The maximum absolute atomic E-state index is 13.6. The lowest BCUT2D eigenvalue weighted by Crippen LogP contribution is -2.55. The van der Waals surface area contributed by atoms with Gasteiger partial charge in [0.05, 0.1) is 10.0 Å². The molecule has 0 bridgehead atoms. The van der Waals surface area contributed by atoms with Crippen LogP contribution < -0.4 is 10.1 Å². The van der Waals surface area contributed by atoms with Crippen molar-refractivity contribution in [2.24, 2.45) is 0 Å². The lowest BCUT2D eigenvalue weighted by Gasteiger charge is -2.33. The van der Waals surface area contributed by atoms with Crippen molar-refractivity contribution in [3.05, 3.63) is 99.5 Å². The highest BCUT2D eigenvalue weighted by atomic mass is 35.5. The first-order valence-corrected chi connectivity index (χ1v) is 12.6. The number of carbonyl (C=O) groups excluding carboxylic acids is 2. The maximum Gasteiger partial charge on any atom is 0.261 e. The van der Waals surface area contributed by atoms with Gasteiger partial charge in [0.15, 0.2) is 6.61 Å². The first-order valence-electron chi connectivity index (χ1n) is 11.8. The zero-order valence-electron chi connectivity index (χ0n) is 21.1. The highest BCUT2D eigenvalue weighted by molar-refractivity contribution is 6.42. The molecule has 0 saturated heterocycles. The quantitative estimate of drug-likeness (QED) is 0.359. The number of nitrogens with zero attached hydrogens (tertiary/aromatic N) is 1. The van der Waals surface area contributed by atoms with Crippen molar-refractivity contribution in [2.75, 3.05) is 6.61 Å². The fraction of sp³-hybridized carbons (Fsp3) is 0.310. The number of hydrogen-bond donors (Lipinski definition) is 1. The molecule has 0 aliphatic rings. The van der Waals surface area contributed by atoms with E-state index < -0.39 is 11.6 Å². The van der Waals surface area contributed by atoms with E-state index in [0.717, 1.165) is 16.7 Å². The molecule has 0 fully saturated rings. The number of rotatable bonds is 9. The number of aryl methyl sites for hydroxylation is 1. The van der Waals surface area contributed by atoms with Crippen LogP contribution in [0.1, 0.15) is 37.5 Å². The van der Waals surface area contributed by atoms with Gasteiger partial charge in [0.25, 0.3) is 5.91 Å². The summed E-state index contributed by atoms with van der Waals surface area (Å²) in [5.41, 5.74) is 2.33. The summed E-state index contributed by atoms with van der Waals surface area (Å²) in [5, 5.41) is 3.85. The lowest BCUT2D eigenvalue weighted by atomic mass is 10.0. The Morgan fingerprint density at radius 2 is 1.58 bits per heavy atom. The Labute approximate surface area is 223 Å². The van der Waals surface area contributed by atoms with Crippen LogP contribution in [0.2, 0.25) is 10.0 Å². The van der Waals surface area contributed by atoms with Crippen molar-refractivity contribution >= 4 is 35.0 Å². The Hall–Kier alpha value is -3.02. The minimum atomic E-state index is -0.768. The fourth-order valence-corrected chi connectivity index (χ4v) is 4.02. The van der Waals surface area contributed by atoms with Crippen molar-refractivity contribution in [1.29, 1.82) is 0 Å². The van der Waals surface area contributed by atoms with Crippen molar-refractivity contribution in [2.45, 2.75) is 52.2 Å². The number of halogens is 2. The predicted octanol–water partition coefficient (Wildman–Crippen LogP) is 6.24. The second kappa shape index (κ2) is 12.3. The normalized spacial score (nSPS) is 12.1. The highest BCUT2D eigenvalue weighted by Gasteiger charge is 2.32. The van der Waals surface area contributed by atoms with E-state index in [1.807, 2.05) is 82.3 Å². The average Bonchev–Trinajstić information content (AvgIpc) is 2.82. The van der Waals surface area contributed by atoms with Crippen molar-refractivity contribution in [1.82, 2.24) is 10.2 Å². The molecule has 3 aromatic rings. The van der Waals surface area contributed by atoms with Gasteiger partial charge in [-0.1, -0.05) is 77.3 Å². The Kier molecular flexibility index (Phi) is 9.41. The van der Waals surface area contributed by atoms with E-state index in [0.29, 0.717) is 22.2 Å². The van der Waals surface area contributed by atoms with Crippen LogP contribution in [-0.4, -0.2) is 34.9 Å². The zero-order chi connectivity index (χ0) is 26.3. The van der Waals surface area contributed by atoms with Crippen LogP contribution in [0.5, 0.6) is 5.75 Å². The van der Waals surface area contributed by atoms with Crippen molar-refractivity contribution in [3.63, 3.8) is 0 Å². The minimum Gasteiger partial charge on any atom is -0.484 e. The molecule has 2 amide bonds. The van der Waals surface area contributed by atoms with Crippen LogP contribution in [0, 0.1) is 6.92 Å². The van der Waals surface area contributed by atoms with Gasteiger partial charge in [0.1, 0.15) is 11.8 Å². The molecule has 0 aliphatic carbocycles. The van der Waals surface area contributed by atoms with Crippen LogP contribution in [0.25, 0.3) is 0 Å². The third-order valence-corrected chi connectivity index (χ3v) is 6.23. The molecular formula is C29H32Cl2N2O3. The van der Waals surface area contributed by atoms with E-state index in [4.69, 9.17) is 27.9 Å². The molecule has 3 rings (SSSR count). The second-order valence-electron chi connectivity index (χ2n) is 9.82. The summed E-state index contributed by atoms with van der Waals surface area (Å²) in [6.07, 6.45) is 0.348. The summed E-state index contributed by atoms with van der Waals surface area (Å²) in [6.45, 7) is 7.68. The van der Waals surface area contributed by atoms with Gasteiger partial charge < -0.3 is 15.0 Å². The maximum atomic E-state index is 13.6. The first kappa shape index (κ1) is 27.6. The zero-order valence-corrected chi connectivity index (χ0v) is 22.6. The van der Waals surface area contributed by atoms with Crippen LogP contribution in [0.4, 0.5) is 0 Å². The van der Waals surface area contributed by atoms with Crippen molar-refractivity contribution < 1.29 is 14.3 Å². The number of hydrogen-bond acceptors (Lipinski definition) is 3. The monoisotopic (exact) mass is 526 g/mol. The van der Waals surface area contributed by atoms with Crippen LogP contribution in [0.15, 0.2) is 72.8 Å². The molecule has 0 radical (unpaired) electrons. The molecule has 1 N–H and O–H groups in total. The van der Waals surface area contributed by atoms with Crippen LogP contribution in [0.3, 0.4) is 0 Å². The summed E-state index contributed by atoms with van der Waals surface area (Å²) < 4.78 is 5.80. The molecular weight excluding hydrogens is 495 g/mol. The van der Waals surface area contributed by atoms with Crippen molar-refractivity contribution in [3.8, 4) is 5.75 Å². The Balaban J connectivity index is 1.94. The summed E-state index contributed by atoms with van der Waals surface area (Å²) >= 11 is 12.4. The molecule has 1 atom stereocenters. The lowest BCUT2D eigenvalue weighted by molar-refractivity contribution is -0.143. The van der Waals surface area contributed by atoms with Gasteiger partial charge in [-0.05, 0) is 63.1 Å². The predicted molar refractivity (Wildman–Crippen MR) is 146 cm³/mol. The molecule has 190 valence electrons. The number of amides is 2. The molecule has 0 aliphatic heterocycles. The van der Waals surface area contributed by atoms with E-state index in [1.165, 1.54) is 0 Å². The largest absolute Gasteiger partial charge is 0.484 e. The van der Waals surface area contributed by atoms with Gasteiger partial charge in [0, 0.05) is 18.5 Å².